The molecule has 0 spiro atoms. The molecule has 0 aromatic heterocycles. The second-order valence-corrected chi connectivity index (χ2v) is 9.50. The van der Waals surface area contributed by atoms with Crippen molar-refractivity contribution in [1.29, 1.82) is 0 Å². The van der Waals surface area contributed by atoms with E-state index in [9.17, 15) is 14.7 Å². The van der Waals surface area contributed by atoms with E-state index in [1.807, 2.05) is 13.8 Å². The van der Waals surface area contributed by atoms with Crippen LogP contribution < -0.4 is 0 Å². The standard InChI is InChI=1S/C14H24O5.C11H22O4.C3H4O2.H2O/c1-4-13(15)19-12(7-16-6-3)8-17-9-14(5-2)10-18-11-14;1-3-11(8-15-9-11)7-14-6-10(12)5-13-4-2;1-2-3(4)5;/h4,12H,1,5-11H2,2-3H3;10,12H,3-9H2,1-2H3;2H,1H2,(H,4,5);1H2. The minimum atomic E-state index is -0.981. The summed E-state index contributed by atoms with van der Waals surface area (Å²) in [6, 6.07) is 0. The predicted molar refractivity (Wildman–Crippen MR) is 149 cm³/mol. The Bertz CT molecular complexity index is 665. The molecule has 2 atom stereocenters. The molecule has 0 aromatic rings. The Morgan fingerprint density at radius 2 is 1.20 bits per heavy atom. The van der Waals surface area contributed by atoms with Crippen LogP contribution in [0.1, 0.15) is 40.5 Å². The van der Waals surface area contributed by atoms with Gasteiger partial charge in [-0.1, -0.05) is 27.0 Å². The third-order valence-electron chi connectivity index (χ3n) is 6.21. The number of aliphatic carboxylic acids is 1. The molecule has 0 aliphatic carbocycles. The Morgan fingerprint density at radius 1 is 0.800 bits per heavy atom. The zero-order chi connectivity index (χ0) is 29.6. The fraction of sp³-hybridized carbons (Fsp3) is 0.786. The van der Waals surface area contributed by atoms with E-state index in [4.69, 9.17) is 38.3 Å². The van der Waals surface area contributed by atoms with Crippen molar-refractivity contribution in [3.05, 3.63) is 25.3 Å². The van der Waals surface area contributed by atoms with Gasteiger partial charge in [0.05, 0.1) is 66.1 Å². The van der Waals surface area contributed by atoms with Crippen LogP contribution >= 0.6 is 0 Å². The van der Waals surface area contributed by atoms with Crippen LogP contribution in [-0.4, -0.2) is 119 Å². The van der Waals surface area contributed by atoms with Crippen LogP contribution in [0.4, 0.5) is 0 Å². The molecule has 0 aromatic carbocycles. The number of carbonyl (C=O) groups is 2. The fourth-order valence-electron chi connectivity index (χ4n) is 3.26. The molecule has 12 nitrogen and oxygen atoms in total. The van der Waals surface area contributed by atoms with E-state index in [1.54, 1.807) is 0 Å². The fourth-order valence-corrected chi connectivity index (χ4v) is 3.26. The summed E-state index contributed by atoms with van der Waals surface area (Å²) in [5.74, 6) is -1.43. The molecule has 12 heteroatoms. The highest BCUT2D eigenvalue weighted by Crippen LogP contribution is 2.32. The number of hydrogen-bond acceptors (Lipinski definition) is 10. The minimum absolute atomic E-state index is 0. The average Bonchev–Trinajstić information content (AvgIpc) is 2.89. The third-order valence-corrected chi connectivity index (χ3v) is 6.21. The molecule has 2 unspecified atom stereocenters. The van der Waals surface area contributed by atoms with Gasteiger partial charge in [-0.2, -0.15) is 0 Å². The molecular weight excluding hydrogens is 528 g/mol. The lowest BCUT2D eigenvalue weighted by Crippen LogP contribution is -2.46. The summed E-state index contributed by atoms with van der Waals surface area (Å²) in [4.78, 5) is 20.4. The van der Waals surface area contributed by atoms with Crippen molar-refractivity contribution in [1.82, 2.24) is 0 Å². The first-order valence-corrected chi connectivity index (χ1v) is 13.5. The topological polar surface area (TPSA) is 171 Å². The number of carboxylic acid groups (broad SMARTS) is 1. The lowest BCUT2D eigenvalue weighted by Gasteiger charge is -2.40. The number of rotatable bonds is 19. The maximum absolute atomic E-state index is 11.2. The molecule has 236 valence electrons. The van der Waals surface area contributed by atoms with Crippen molar-refractivity contribution in [3.63, 3.8) is 0 Å². The minimum Gasteiger partial charge on any atom is -0.478 e. The first kappa shape index (κ1) is 40.2. The van der Waals surface area contributed by atoms with Gasteiger partial charge >= 0.3 is 11.9 Å². The van der Waals surface area contributed by atoms with Crippen LogP contribution in [0.15, 0.2) is 25.3 Å². The third kappa shape index (κ3) is 17.7. The van der Waals surface area contributed by atoms with Gasteiger partial charge in [-0.05, 0) is 26.7 Å². The van der Waals surface area contributed by atoms with Gasteiger partial charge in [-0.15, -0.1) is 0 Å². The summed E-state index contributed by atoms with van der Waals surface area (Å²) in [5.41, 5.74) is 0.337. The highest BCUT2D eigenvalue weighted by molar-refractivity contribution is 5.81. The maximum atomic E-state index is 11.2. The van der Waals surface area contributed by atoms with E-state index in [0.29, 0.717) is 52.9 Å². The Hall–Kier alpha value is -1.90. The summed E-state index contributed by atoms with van der Waals surface area (Å²) >= 11 is 0. The highest BCUT2D eigenvalue weighted by atomic mass is 16.6. The van der Waals surface area contributed by atoms with E-state index >= 15 is 0 Å². The summed E-state index contributed by atoms with van der Waals surface area (Å²) in [7, 11) is 0. The number of carbonyl (C=O) groups excluding carboxylic acids is 1. The van der Waals surface area contributed by atoms with Gasteiger partial charge < -0.3 is 48.8 Å². The normalized spacial score (nSPS) is 17.4. The summed E-state index contributed by atoms with van der Waals surface area (Å²) in [5, 5.41) is 17.1. The molecule has 0 saturated carbocycles. The van der Waals surface area contributed by atoms with Crippen molar-refractivity contribution in [2.45, 2.75) is 52.7 Å². The van der Waals surface area contributed by atoms with Crippen LogP contribution in [0.5, 0.6) is 0 Å². The van der Waals surface area contributed by atoms with Gasteiger partial charge in [0.1, 0.15) is 12.2 Å². The van der Waals surface area contributed by atoms with Crippen molar-refractivity contribution in [2.24, 2.45) is 10.8 Å². The van der Waals surface area contributed by atoms with Crippen LogP contribution in [0.25, 0.3) is 0 Å². The van der Waals surface area contributed by atoms with Gasteiger partial charge in [-0.25, -0.2) is 9.59 Å². The predicted octanol–water partition coefficient (Wildman–Crippen LogP) is 1.82. The van der Waals surface area contributed by atoms with Crippen LogP contribution in [-0.2, 0) is 42.7 Å². The van der Waals surface area contributed by atoms with Gasteiger partial charge in [-0.3, -0.25) is 0 Å². The SMILES string of the molecule is C=CC(=O)O.C=CC(=O)OC(COCC)COCC1(CC)COC1.CCOCC(O)COCC1(CC)COC1.O. The molecule has 40 heavy (non-hydrogen) atoms. The Kier molecular flexibility index (Phi) is 23.9. The number of esters is 1. The van der Waals surface area contributed by atoms with Gasteiger partial charge in [0.15, 0.2) is 0 Å². The van der Waals surface area contributed by atoms with Crippen molar-refractivity contribution in [3.8, 4) is 0 Å². The summed E-state index contributed by atoms with van der Waals surface area (Å²) < 4.78 is 37.1. The zero-order valence-electron chi connectivity index (χ0n) is 24.7. The van der Waals surface area contributed by atoms with Crippen LogP contribution in [0.3, 0.4) is 0 Å². The van der Waals surface area contributed by atoms with Crippen molar-refractivity contribution >= 4 is 11.9 Å². The lowest BCUT2D eigenvalue weighted by molar-refractivity contribution is -0.167. The molecule has 2 saturated heterocycles. The molecule has 2 aliphatic rings. The average molecular weight is 581 g/mol. The first-order chi connectivity index (χ1) is 18.6. The summed E-state index contributed by atoms with van der Waals surface area (Å²) in [6.07, 6.45) is 3.16. The van der Waals surface area contributed by atoms with Crippen LogP contribution in [0.2, 0.25) is 0 Å². The molecule has 0 bridgehead atoms. The lowest BCUT2D eigenvalue weighted by atomic mass is 9.84. The number of aliphatic hydroxyl groups excluding tert-OH is 1. The smallest absolute Gasteiger partial charge is 0.330 e. The van der Waals surface area contributed by atoms with Crippen LogP contribution in [0, 0.1) is 10.8 Å². The highest BCUT2D eigenvalue weighted by Gasteiger charge is 2.38. The molecule has 0 radical (unpaired) electrons. The molecule has 2 rings (SSSR count). The van der Waals surface area contributed by atoms with Gasteiger partial charge in [0.2, 0.25) is 0 Å². The van der Waals surface area contributed by atoms with E-state index in [0.717, 1.165) is 51.4 Å². The molecule has 2 aliphatic heterocycles. The van der Waals surface area contributed by atoms with E-state index in [-0.39, 0.29) is 22.4 Å². The number of carboxylic acids is 1. The molecule has 2 heterocycles. The van der Waals surface area contributed by atoms with Gasteiger partial charge in [0.25, 0.3) is 0 Å². The molecule has 0 amide bonds. The van der Waals surface area contributed by atoms with E-state index < -0.39 is 18.0 Å². The largest absolute Gasteiger partial charge is 0.478 e. The van der Waals surface area contributed by atoms with E-state index in [2.05, 4.69) is 27.0 Å². The van der Waals surface area contributed by atoms with Gasteiger partial charge in [0, 0.05) is 36.2 Å². The molecule has 4 N–H and O–H groups in total. The second kappa shape index (κ2) is 23.8. The van der Waals surface area contributed by atoms with E-state index in [1.165, 1.54) is 0 Å². The molecular formula is C28H52O12. The Labute approximate surface area is 238 Å². The zero-order valence-corrected chi connectivity index (χ0v) is 24.7. The summed E-state index contributed by atoms with van der Waals surface area (Å²) in [6.45, 7) is 21.3. The number of hydrogen-bond donors (Lipinski definition) is 2. The monoisotopic (exact) mass is 580 g/mol. The van der Waals surface area contributed by atoms with Crippen molar-refractivity contribution in [2.75, 3.05) is 79.3 Å². The second-order valence-electron chi connectivity index (χ2n) is 9.50. The Balaban J connectivity index is 0. The Morgan fingerprint density at radius 3 is 1.55 bits per heavy atom. The van der Waals surface area contributed by atoms with Crippen molar-refractivity contribution < 1.29 is 58.4 Å². The molecule has 2 fully saturated rings. The number of ether oxygens (including phenoxy) is 7. The quantitative estimate of drug-likeness (QED) is 0.169. The maximum Gasteiger partial charge on any atom is 0.330 e. The first-order valence-electron chi connectivity index (χ1n) is 13.5. The number of aliphatic hydroxyl groups is 1.